The number of nitrogens with one attached hydrogen (secondary N) is 2. The van der Waals surface area contributed by atoms with Gasteiger partial charge in [-0.05, 0) is 26.3 Å². The molecule has 0 radical (unpaired) electrons. The monoisotopic (exact) mass is 309 g/mol. The molecule has 0 unspecified atom stereocenters. The Kier molecular flexibility index (Phi) is 6.97. The average molecular weight is 309 g/mol. The van der Waals surface area contributed by atoms with Crippen LogP contribution in [0.5, 0.6) is 0 Å². The van der Waals surface area contributed by atoms with Crippen molar-refractivity contribution in [3.05, 3.63) is 34.4 Å². The van der Waals surface area contributed by atoms with Crippen LogP contribution in [0.3, 0.4) is 0 Å². The molecule has 0 saturated carbocycles. The van der Waals surface area contributed by atoms with E-state index in [1.165, 1.54) is 24.3 Å². The standard InChI is InChI=1S/C14H19N3O5/c1-10(2)22-8-4-7-15-13(18)14(19)16-11-5-3-6-12(9-11)17(20)21/h3,5-6,9-10H,4,7-8H2,1-2H3,(H,15,18)(H,16,19). The molecule has 1 aromatic carbocycles. The third-order valence-electron chi connectivity index (χ3n) is 2.58. The molecule has 0 aliphatic rings. The van der Waals surface area contributed by atoms with Crippen molar-refractivity contribution < 1.29 is 19.2 Å². The highest BCUT2D eigenvalue weighted by atomic mass is 16.6. The molecule has 120 valence electrons. The molecule has 8 nitrogen and oxygen atoms in total. The molecule has 0 bridgehead atoms. The molecule has 2 N–H and O–H groups in total. The number of hydrogen-bond donors (Lipinski definition) is 2. The minimum Gasteiger partial charge on any atom is -0.379 e. The van der Waals surface area contributed by atoms with E-state index in [2.05, 4.69) is 10.6 Å². The molecule has 0 aliphatic carbocycles. The molecule has 0 aromatic heterocycles. The summed E-state index contributed by atoms with van der Waals surface area (Å²) in [6.07, 6.45) is 0.710. The summed E-state index contributed by atoms with van der Waals surface area (Å²) in [5.41, 5.74) is 0.0292. The number of benzene rings is 1. The summed E-state index contributed by atoms with van der Waals surface area (Å²) in [6, 6.07) is 5.37. The van der Waals surface area contributed by atoms with E-state index in [4.69, 9.17) is 4.74 Å². The quantitative estimate of drug-likeness (QED) is 0.343. The molecule has 0 heterocycles. The molecule has 0 aliphatic heterocycles. The van der Waals surface area contributed by atoms with Crippen LogP contribution in [0.4, 0.5) is 11.4 Å². The second kappa shape index (κ2) is 8.73. The first-order valence-corrected chi connectivity index (χ1v) is 6.85. The van der Waals surface area contributed by atoms with Crippen LogP contribution in [0.15, 0.2) is 24.3 Å². The first kappa shape index (κ1) is 17.6. The van der Waals surface area contributed by atoms with Crippen molar-refractivity contribution in [2.75, 3.05) is 18.5 Å². The lowest BCUT2D eigenvalue weighted by Crippen LogP contribution is -2.36. The third kappa shape index (κ3) is 6.31. The fourth-order valence-corrected chi connectivity index (χ4v) is 1.56. The summed E-state index contributed by atoms with van der Waals surface area (Å²) in [7, 11) is 0. The molecule has 22 heavy (non-hydrogen) atoms. The maximum atomic E-state index is 11.6. The summed E-state index contributed by atoms with van der Waals surface area (Å²) in [6.45, 7) is 4.62. The Morgan fingerprint density at radius 3 is 2.68 bits per heavy atom. The molecule has 0 atom stereocenters. The van der Waals surface area contributed by atoms with E-state index in [-0.39, 0.29) is 17.5 Å². The van der Waals surface area contributed by atoms with Gasteiger partial charge in [-0.25, -0.2) is 0 Å². The molecule has 1 aromatic rings. The molecule has 0 fully saturated rings. The van der Waals surface area contributed by atoms with Gasteiger partial charge in [0.05, 0.1) is 11.0 Å². The summed E-state index contributed by atoms with van der Waals surface area (Å²) >= 11 is 0. The highest BCUT2D eigenvalue weighted by Crippen LogP contribution is 2.16. The van der Waals surface area contributed by atoms with Gasteiger partial charge in [0.15, 0.2) is 0 Å². The predicted molar refractivity (Wildman–Crippen MR) is 80.4 cm³/mol. The van der Waals surface area contributed by atoms with Gasteiger partial charge in [0, 0.05) is 31.0 Å². The number of nitro groups is 1. The molecule has 2 amide bonds. The van der Waals surface area contributed by atoms with Gasteiger partial charge in [-0.3, -0.25) is 19.7 Å². The summed E-state index contributed by atoms with van der Waals surface area (Å²) in [4.78, 5) is 33.3. The zero-order valence-corrected chi connectivity index (χ0v) is 12.5. The summed E-state index contributed by atoms with van der Waals surface area (Å²) in [5, 5.41) is 15.4. The van der Waals surface area contributed by atoms with Crippen LogP contribution in [0.2, 0.25) is 0 Å². The Morgan fingerprint density at radius 1 is 1.32 bits per heavy atom. The van der Waals surface area contributed by atoms with E-state index in [1.54, 1.807) is 0 Å². The van der Waals surface area contributed by atoms with Crippen molar-refractivity contribution in [3.8, 4) is 0 Å². The Hall–Kier alpha value is -2.48. The fraction of sp³-hybridized carbons (Fsp3) is 0.429. The highest BCUT2D eigenvalue weighted by molar-refractivity contribution is 6.39. The number of anilines is 1. The first-order chi connectivity index (χ1) is 10.4. The van der Waals surface area contributed by atoms with E-state index in [0.29, 0.717) is 19.6 Å². The van der Waals surface area contributed by atoms with Crippen LogP contribution in [0, 0.1) is 10.1 Å². The third-order valence-corrected chi connectivity index (χ3v) is 2.58. The van der Waals surface area contributed by atoms with Gasteiger partial charge >= 0.3 is 11.8 Å². The van der Waals surface area contributed by atoms with Crippen LogP contribution in [-0.2, 0) is 14.3 Å². The van der Waals surface area contributed by atoms with Crippen LogP contribution in [0.1, 0.15) is 20.3 Å². The minimum atomic E-state index is -0.870. The molecule has 0 saturated heterocycles. The molecule has 1 rings (SSSR count). The Morgan fingerprint density at radius 2 is 2.05 bits per heavy atom. The second-order valence-electron chi connectivity index (χ2n) is 4.79. The van der Waals surface area contributed by atoms with Gasteiger partial charge in [-0.15, -0.1) is 0 Å². The van der Waals surface area contributed by atoms with Crippen LogP contribution >= 0.6 is 0 Å². The van der Waals surface area contributed by atoms with Crippen molar-refractivity contribution in [3.63, 3.8) is 0 Å². The van der Waals surface area contributed by atoms with Crippen LogP contribution in [-0.4, -0.2) is 36.0 Å². The summed E-state index contributed by atoms with van der Waals surface area (Å²) < 4.78 is 5.30. The van der Waals surface area contributed by atoms with E-state index >= 15 is 0 Å². The SMILES string of the molecule is CC(C)OCCCNC(=O)C(=O)Nc1cccc([N+](=O)[O-])c1. The maximum absolute atomic E-state index is 11.6. The fourth-order valence-electron chi connectivity index (χ4n) is 1.56. The highest BCUT2D eigenvalue weighted by Gasteiger charge is 2.14. The smallest absolute Gasteiger partial charge is 0.313 e. The normalized spacial score (nSPS) is 10.3. The molecular weight excluding hydrogens is 290 g/mol. The molecular formula is C14H19N3O5. The zero-order chi connectivity index (χ0) is 16.5. The van der Waals surface area contributed by atoms with Gasteiger partial charge in [0.2, 0.25) is 0 Å². The summed E-state index contributed by atoms with van der Waals surface area (Å²) in [5.74, 6) is -1.67. The Bertz CT molecular complexity index is 545. The van der Waals surface area contributed by atoms with Crippen LogP contribution < -0.4 is 10.6 Å². The lowest BCUT2D eigenvalue weighted by molar-refractivity contribution is -0.384. The van der Waals surface area contributed by atoms with Gasteiger partial charge in [-0.1, -0.05) is 6.07 Å². The lowest BCUT2D eigenvalue weighted by Gasteiger charge is -2.08. The number of hydrogen-bond acceptors (Lipinski definition) is 5. The van der Waals surface area contributed by atoms with Crippen molar-refractivity contribution in [1.82, 2.24) is 5.32 Å². The van der Waals surface area contributed by atoms with E-state index in [9.17, 15) is 19.7 Å². The topological polar surface area (TPSA) is 111 Å². The number of carbonyl (C=O) groups excluding carboxylic acids is 2. The number of rotatable bonds is 7. The number of non-ortho nitro benzene ring substituents is 1. The van der Waals surface area contributed by atoms with Gasteiger partial charge in [0.1, 0.15) is 0 Å². The van der Waals surface area contributed by atoms with E-state index in [0.717, 1.165) is 0 Å². The average Bonchev–Trinajstić information content (AvgIpc) is 2.46. The predicted octanol–water partition coefficient (Wildman–Crippen LogP) is 1.46. The van der Waals surface area contributed by atoms with E-state index < -0.39 is 16.7 Å². The largest absolute Gasteiger partial charge is 0.379 e. The number of carbonyl (C=O) groups is 2. The maximum Gasteiger partial charge on any atom is 0.313 e. The van der Waals surface area contributed by atoms with Crippen molar-refractivity contribution >= 4 is 23.2 Å². The minimum absolute atomic E-state index is 0.118. The van der Waals surface area contributed by atoms with Gasteiger partial charge in [0.25, 0.3) is 5.69 Å². The lowest BCUT2D eigenvalue weighted by atomic mass is 10.3. The number of nitro benzene ring substituents is 1. The first-order valence-electron chi connectivity index (χ1n) is 6.85. The number of ether oxygens (including phenoxy) is 1. The zero-order valence-electron chi connectivity index (χ0n) is 12.5. The van der Waals surface area contributed by atoms with Crippen LogP contribution in [0.25, 0.3) is 0 Å². The van der Waals surface area contributed by atoms with Crippen molar-refractivity contribution in [1.29, 1.82) is 0 Å². The second-order valence-corrected chi connectivity index (χ2v) is 4.79. The van der Waals surface area contributed by atoms with Crippen molar-refractivity contribution in [2.24, 2.45) is 0 Å². The Labute approximate surface area is 128 Å². The van der Waals surface area contributed by atoms with Crippen molar-refractivity contribution in [2.45, 2.75) is 26.4 Å². The number of nitrogens with zero attached hydrogens (tertiary/aromatic N) is 1. The van der Waals surface area contributed by atoms with Gasteiger partial charge in [-0.2, -0.15) is 0 Å². The van der Waals surface area contributed by atoms with E-state index in [1.807, 2.05) is 13.8 Å². The number of amides is 2. The molecule has 0 spiro atoms. The van der Waals surface area contributed by atoms with Gasteiger partial charge < -0.3 is 15.4 Å². The molecule has 8 heteroatoms. The Balaban J connectivity index is 2.39.